The normalized spacial score (nSPS) is 15.6. The highest BCUT2D eigenvalue weighted by Gasteiger charge is 2.28. The molecule has 0 bridgehead atoms. The number of benzene rings is 2. The first-order chi connectivity index (χ1) is 15.5. The van der Waals surface area contributed by atoms with Crippen LogP contribution in [0.25, 0.3) is 21.8 Å². The number of carbonyl (C=O) groups excluding carboxylic acids is 1. The number of nitrogens with zero attached hydrogens (tertiary/aromatic N) is 3. The second-order valence-corrected chi connectivity index (χ2v) is 8.63. The molecular formula is C26H26N4O2. The Morgan fingerprint density at radius 1 is 1.06 bits per heavy atom. The Morgan fingerprint density at radius 2 is 1.75 bits per heavy atom. The number of para-hydroxylation sites is 2. The van der Waals surface area contributed by atoms with Crippen LogP contribution in [0.4, 0.5) is 0 Å². The highest BCUT2D eigenvalue weighted by Crippen LogP contribution is 2.32. The number of fused-ring (bicyclic) bond motifs is 3. The fourth-order valence-corrected chi connectivity index (χ4v) is 4.68. The molecule has 1 atom stereocenters. The van der Waals surface area contributed by atoms with Gasteiger partial charge in [0.25, 0.3) is 11.5 Å². The molecule has 1 aliphatic carbocycles. The Bertz CT molecular complexity index is 1390. The molecule has 1 N–H and O–H groups in total. The Balaban J connectivity index is 1.58. The number of aromatic amines is 1. The van der Waals surface area contributed by atoms with Crippen molar-refractivity contribution < 1.29 is 4.79 Å². The summed E-state index contributed by atoms with van der Waals surface area (Å²) >= 11 is 0. The molecule has 5 rings (SSSR count). The number of pyridine rings is 1. The number of hydrogen-bond donors (Lipinski definition) is 1. The Hall–Kier alpha value is -3.54. The molecular weight excluding hydrogens is 400 g/mol. The Kier molecular flexibility index (Phi) is 5.21. The quantitative estimate of drug-likeness (QED) is 0.529. The number of carbonyl (C=O) groups is 1. The van der Waals surface area contributed by atoms with E-state index in [1.165, 1.54) is 0 Å². The maximum absolute atomic E-state index is 13.9. The van der Waals surface area contributed by atoms with Crippen molar-refractivity contribution in [2.24, 2.45) is 5.92 Å². The third-order valence-electron chi connectivity index (χ3n) is 6.39. The van der Waals surface area contributed by atoms with Crippen LogP contribution in [0.2, 0.25) is 0 Å². The monoisotopic (exact) mass is 426 g/mol. The molecule has 0 saturated carbocycles. The largest absolute Gasteiger partial charge is 0.331 e. The summed E-state index contributed by atoms with van der Waals surface area (Å²) in [7, 11) is 0. The highest BCUT2D eigenvalue weighted by atomic mass is 16.2. The molecule has 4 aromatic rings. The summed E-state index contributed by atoms with van der Waals surface area (Å²) in [6.07, 6.45) is 2.84. The van der Waals surface area contributed by atoms with Crippen LogP contribution >= 0.6 is 0 Å². The van der Waals surface area contributed by atoms with Crippen LogP contribution in [0.1, 0.15) is 47.7 Å². The van der Waals surface area contributed by atoms with Crippen LogP contribution < -0.4 is 5.56 Å². The van der Waals surface area contributed by atoms with Crippen LogP contribution in [-0.2, 0) is 19.4 Å². The number of aryl methyl sites for hydroxylation is 1. The van der Waals surface area contributed by atoms with Crippen molar-refractivity contribution in [2.45, 2.75) is 39.7 Å². The minimum Gasteiger partial charge on any atom is -0.331 e. The van der Waals surface area contributed by atoms with Crippen LogP contribution in [0, 0.1) is 5.92 Å². The number of amides is 1. The summed E-state index contributed by atoms with van der Waals surface area (Å²) in [6.45, 7) is 4.94. The summed E-state index contributed by atoms with van der Waals surface area (Å²) in [5.74, 6) is 0.974. The van der Waals surface area contributed by atoms with E-state index in [0.717, 1.165) is 47.0 Å². The molecule has 162 valence electrons. The van der Waals surface area contributed by atoms with E-state index in [4.69, 9.17) is 4.98 Å². The number of rotatable bonds is 4. The lowest BCUT2D eigenvalue weighted by Gasteiger charge is -2.27. The first-order valence-corrected chi connectivity index (χ1v) is 11.2. The van der Waals surface area contributed by atoms with Crippen molar-refractivity contribution in [1.29, 1.82) is 0 Å². The van der Waals surface area contributed by atoms with Gasteiger partial charge in [0.2, 0.25) is 0 Å². The van der Waals surface area contributed by atoms with Gasteiger partial charge in [-0.05, 0) is 55.9 Å². The molecule has 1 amide bonds. The number of hydrogen-bond acceptors (Lipinski definition) is 4. The molecule has 1 unspecified atom stereocenters. The standard InChI is InChI=1S/C26H26N4O2/c1-3-30(15-23-28-21-11-7-5-9-18(21)25(31)29-23)26(32)24-17-8-4-6-10-20(17)27-22-13-12-16(2)14-19(22)24/h4-11,16H,3,12-15H2,1-2H3,(H,28,29,31). The van der Waals surface area contributed by atoms with E-state index in [9.17, 15) is 9.59 Å². The number of H-pyrrole nitrogens is 1. The molecule has 0 radical (unpaired) electrons. The molecule has 0 saturated heterocycles. The average Bonchev–Trinajstić information content (AvgIpc) is 2.80. The van der Waals surface area contributed by atoms with Gasteiger partial charge in [0.1, 0.15) is 5.82 Å². The molecule has 0 fully saturated rings. The molecule has 6 nitrogen and oxygen atoms in total. The van der Waals surface area contributed by atoms with Gasteiger partial charge in [-0.2, -0.15) is 0 Å². The summed E-state index contributed by atoms with van der Waals surface area (Å²) in [4.78, 5) is 40.5. The molecule has 32 heavy (non-hydrogen) atoms. The number of nitrogens with one attached hydrogen (secondary N) is 1. The van der Waals surface area contributed by atoms with E-state index in [0.29, 0.717) is 29.2 Å². The topological polar surface area (TPSA) is 79.0 Å². The molecule has 1 aliphatic rings. The first-order valence-electron chi connectivity index (χ1n) is 11.2. The van der Waals surface area contributed by atoms with E-state index in [1.54, 1.807) is 11.0 Å². The van der Waals surface area contributed by atoms with Gasteiger partial charge in [-0.3, -0.25) is 14.6 Å². The lowest BCUT2D eigenvalue weighted by atomic mass is 9.83. The van der Waals surface area contributed by atoms with Gasteiger partial charge in [0.05, 0.1) is 28.5 Å². The van der Waals surface area contributed by atoms with Crippen LogP contribution in [0.5, 0.6) is 0 Å². The van der Waals surface area contributed by atoms with E-state index >= 15 is 0 Å². The maximum atomic E-state index is 13.9. The lowest BCUT2D eigenvalue weighted by molar-refractivity contribution is 0.0748. The van der Waals surface area contributed by atoms with Gasteiger partial charge in [0, 0.05) is 17.6 Å². The van der Waals surface area contributed by atoms with Crippen molar-refractivity contribution in [3.63, 3.8) is 0 Å². The fourth-order valence-electron chi connectivity index (χ4n) is 4.68. The second-order valence-electron chi connectivity index (χ2n) is 8.63. The van der Waals surface area contributed by atoms with Crippen molar-refractivity contribution >= 4 is 27.7 Å². The SMILES string of the molecule is CCN(Cc1nc2ccccc2c(=O)[nH]1)C(=O)c1c2c(nc3ccccc13)CCC(C)C2. The highest BCUT2D eigenvalue weighted by molar-refractivity contribution is 6.07. The minimum atomic E-state index is -0.185. The fraction of sp³-hybridized carbons (Fsp3) is 0.308. The van der Waals surface area contributed by atoms with Crippen molar-refractivity contribution in [3.8, 4) is 0 Å². The predicted octanol–water partition coefficient (Wildman–Crippen LogP) is 4.26. The maximum Gasteiger partial charge on any atom is 0.258 e. The zero-order valence-corrected chi connectivity index (χ0v) is 18.4. The number of aromatic nitrogens is 3. The van der Waals surface area contributed by atoms with Gasteiger partial charge >= 0.3 is 0 Å². The van der Waals surface area contributed by atoms with Gasteiger partial charge < -0.3 is 9.88 Å². The van der Waals surface area contributed by atoms with Gasteiger partial charge in [-0.15, -0.1) is 0 Å². The summed E-state index contributed by atoms with van der Waals surface area (Å²) in [5.41, 5.74) is 4.17. The van der Waals surface area contributed by atoms with Gasteiger partial charge in [-0.25, -0.2) is 4.98 Å². The van der Waals surface area contributed by atoms with Crippen molar-refractivity contribution in [2.75, 3.05) is 6.54 Å². The van der Waals surface area contributed by atoms with Gasteiger partial charge in [0.15, 0.2) is 0 Å². The molecule has 0 spiro atoms. The average molecular weight is 427 g/mol. The van der Waals surface area contributed by atoms with Crippen LogP contribution in [0.15, 0.2) is 53.3 Å². The Morgan fingerprint density at radius 3 is 2.50 bits per heavy atom. The van der Waals surface area contributed by atoms with Crippen molar-refractivity contribution in [3.05, 3.63) is 81.5 Å². The third kappa shape index (κ3) is 3.55. The minimum absolute atomic E-state index is 0.0349. The van der Waals surface area contributed by atoms with Crippen molar-refractivity contribution in [1.82, 2.24) is 19.9 Å². The second kappa shape index (κ2) is 8.19. The third-order valence-corrected chi connectivity index (χ3v) is 6.39. The predicted molar refractivity (Wildman–Crippen MR) is 126 cm³/mol. The zero-order valence-electron chi connectivity index (χ0n) is 18.4. The smallest absolute Gasteiger partial charge is 0.258 e. The van der Waals surface area contributed by atoms with Crippen LogP contribution in [-0.4, -0.2) is 32.3 Å². The summed E-state index contributed by atoms with van der Waals surface area (Å²) in [6, 6.07) is 15.1. The molecule has 6 heteroatoms. The van der Waals surface area contributed by atoms with Crippen LogP contribution in [0.3, 0.4) is 0 Å². The summed E-state index contributed by atoms with van der Waals surface area (Å²) < 4.78 is 0. The van der Waals surface area contributed by atoms with E-state index in [-0.39, 0.29) is 18.0 Å². The molecule has 2 heterocycles. The lowest BCUT2D eigenvalue weighted by Crippen LogP contribution is -2.33. The zero-order chi connectivity index (χ0) is 22.2. The summed E-state index contributed by atoms with van der Waals surface area (Å²) in [5, 5.41) is 1.44. The Labute approximate surface area is 186 Å². The van der Waals surface area contributed by atoms with Gasteiger partial charge in [-0.1, -0.05) is 37.3 Å². The molecule has 2 aromatic carbocycles. The molecule has 2 aromatic heterocycles. The van der Waals surface area contributed by atoms with E-state index in [1.807, 2.05) is 49.4 Å². The molecule has 0 aliphatic heterocycles. The van der Waals surface area contributed by atoms with E-state index in [2.05, 4.69) is 16.9 Å². The van der Waals surface area contributed by atoms with E-state index < -0.39 is 0 Å². The first kappa shape index (κ1) is 20.4.